The summed E-state index contributed by atoms with van der Waals surface area (Å²) < 4.78 is 32.4. The molecule has 1 unspecified atom stereocenters. The lowest BCUT2D eigenvalue weighted by molar-refractivity contribution is -0.120. The summed E-state index contributed by atoms with van der Waals surface area (Å²) in [7, 11) is 2.97. The van der Waals surface area contributed by atoms with Crippen LogP contribution in [-0.2, 0) is 14.3 Å². The molecule has 37 heavy (non-hydrogen) atoms. The predicted octanol–water partition coefficient (Wildman–Crippen LogP) is 3.32. The molecule has 2 amide bonds. The second kappa shape index (κ2) is 11.0. The van der Waals surface area contributed by atoms with Gasteiger partial charge in [-0.3, -0.25) is 9.48 Å². The highest BCUT2D eigenvalue weighted by molar-refractivity contribution is 5.96. The minimum Gasteiger partial charge on any atom is -0.480 e. The second-order valence-electron chi connectivity index (χ2n) is 10.6. The van der Waals surface area contributed by atoms with Crippen molar-refractivity contribution in [3.05, 3.63) is 30.0 Å². The van der Waals surface area contributed by atoms with Gasteiger partial charge in [-0.1, -0.05) is 0 Å². The van der Waals surface area contributed by atoms with Crippen LogP contribution in [0.25, 0.3) is 0 Å². The van der Waals surface area contributed by atoms with Crippen molar-refractivity contribution in [1.29, 1.82) is 0 Å². The van der Waals surface area contributed by atoms with E-state index in [9.17, 15) is 9.59 Å². The molecule has 12 heteroatoms. The highest BCUT2D eigenvalue weighted by Crippen LogP contribution is 2.51. The first-order valence-electron chi connectivity index (χ1n) is 12.5. The fraction of sp³-hybridized carbons (Fsp3) is 0.640. The number of aromatic nitrogens is 4. The molecular formula is C25H35FN6O5. The number of hydrogen-bond acceptors (Lipinski definition) is 8. The summed E-state index contributed by atoms with van der Waals surface area (Å²) in [6.45, 7) is 5.42. The zero-order chi connectivity index (χ0) is 26.7. The van der Waals surface area contributed by atoms with Crippen LogP contribution in [-0.4, -0.2) is 64.4 Å². The van der Waals surface area contributed by atoms with Gasteiger partial charge in [0.25, 0.3) is 5.95 Å². The van der Waals surface area contributed by atoms with Crippen molar-refractivity contribution in [2.45, 2.75) is 64.1 Å². The number of rotatable bonds is 11. The van der Waals surface area contributed by atoms with Crippen molar-refractivity contribution >= 4 is 17.7 Å². The van der Waals surface area contributed by atoms with Crippen LogP contribution >= 0.6 is 0 Å². The van der Waals surface area contributed by atoms with Crippen LogP contribution in [0.1, 0.15) is 58.1 Å². The molecule has 0 spiro atoms. The minimum atomic E-state index is -0.860. The van der Waals surface area contributed by atoms with Crippen LogP contribution in [0.4, 0.5) is 14.9 Å². The highest BCUT2D eigenvalue weighted by Gasteiger charge is 2.48. The maximum atomic E-state index is 15.0. The van der Waals surface area contributed by atoms with E-state index in [4.69, 9.17) is 14.2 Å². The topological polar surface area (TPSA) is 129 Å². The Labute approximate surface area is 215 Å². The first kappa shape index (κ1) is 26.8. The van der Waals surface area contributed by atoms with Gasteiger partial charge in [-0.05, 0) is 70.3 Å². The fourth-order valence-corrected chi connectivity index (χ4v) is 4.69. The maximum absolute atomic E-state index is 15.0. The van der Waals surface area contributed by atoms with Crippen molar-refractivity contribution in [2.24, 2.45) is 17.8 Å². The minimum absolute atomic E-state index is 0.0287. The van der Waals surface area contributed by atoms with Crippen molar-refractivity contribution in [3.63, 3.8) is 0 Å². The average Bonchev–Trinajstić information content (AvgIpc) is 3.76. The molecule has 2 saturated carbocycles. The van der Waals surface area contributed by atoms with E-state index in [0.717, 1.165) is 25.7 Å². The van der Waals surface area contributed by atoms with Crippen LogP contribution in [0.2, 0.25) is 0 Å². The molecule has 2 aliphatic carbocycles. The molecule has 0 saturated heterocycles. The number of carbonyl (C=O) groups excluding carboxylic acids is 2. The summed E-state index contributed by atoms with van der Waals surface area (Å²) in [6.07, 6.45) is 6.24. The molecule has 2 aromatic heterocycles. The molecule has 2 N–H and O–H groups in total. The molecule has 11 nitrogen and oxygen atoms in total. The zero-order valence-electron chi connectivity index (χ0n) is 21.9. The van der Waals surface area contributed by atoms with Crippen LogP contribution in [0.3, 0.4) is 0 Å². The van der Waals surface area contributed by atoms with E-state index >= 15 is 4.39 Å². The third kappa shape index (κ3) is 6.73. The summed E-state index contributed by atoms with van der Waals surface area (Å²) in [5.74, 6) is -0.434. The van der Waals surface area contributed by atoms with Crippen LogP contribution in [0.5, 0.6) is 5.88 Å². The monoisotopic (exact) mass is 518 g/mol. The van der Waals surface area contributed by atoms with Gasteiger partial charge in [0, 0.05) is 12.7 Å². The molecule has 0 aliphatic heterocycles. The molecule has 2 aliphatic rings. The van der Waals surface area contributed by atoms with E-state index in [1.54, 1.807) is 26.8 Å². The molecule has 0 aromatic carbocycles. The highest BCUT2D eigenvalue weighted by atomic mass is 19.1. The number of ether oxygens (including phenoxy) is 3. The van der Waals surface area contributed by atoms with E-state index in [-0.39, 0.29) is 24.1 Å². The van der Waals surface area contributed by atoms with Crippen molar-refractivity contribution in [2.75, 3.05) is 26.1 Å². The summed E-state index contributed by atoms with van der Waals surface area (Å²) >= 11 is 0. The van der Waals surface area contributed by atoms with E-state index in [2.05, 4.69) is 25.9 Å². The maximum Gasteiger partial charge on any atom is 0.408 e. The average molecular weight is 519 g/mol. The largest absolute Gasteiger partial charge is 0.480 e. The number of methoxy groups -OCH3 is 2. The molecule has 0 radical (unpaired) electrons. The SMILES string of the molecule is COCC(c1ccnnc1OC)n1cc(NC(=O)[C@@H](NC(=O)OC(C)(C)C)C(C2CC2)C2CC2)c(F)n1. The number of nitrogens with one attached hydrogen (secondary N) is 2. The Balaban J connectivity index is 1.57. The number of nitrogens with zero attached hydrogens (tertiary/aromatic N) is 4. The fourth-order valence-electron chi connectivity index (χ4n) is 4.69. The van der Waals surface area contributed by atoms with Gasteiger partial charge in [-0.25, -0.2) is 4.79 Å². The third-order valence-electron chi connectivity index (χ3n) is 6.53. The normalized spacial score (nSPS) is 17.3. The van der Waals surface area contributed by atoms with Crippen molar-refractivity contribution in [3.8, 4) is 5.88 Å². The second-order valence-corrected chi connectivity index (χ2v) is 10.6. The zero-order valence-corrected chi connectivity index (χ0v) is 21.9. The van der Waals surface area contributed by atoms with Gasteiger partial charge in [0.05, 0.1) is 26.1 Å². The number of carbonyl (C=O) groups is 2. The Hall–Kier alpha value is -3.28. The number of halogens is 1. The Morgan fingerprint density at radius 1 is 1.19 bits per heavy atom. The summed E-state index contributed by atoms with van der Waals surface area (Å²) in [5, 5.41) is 17.2. The number of amides is 2. The third-order valence-corrected chi connectivity index (χ3v) is 6.53. The smallest absolute Gasteiger partial charge is 0.408 e. The quantitative estimate of drug-likeness (QED) is 0.463. The van der Waals surface area contributed by atoms with Crippen molar-refractivity contribution in [1.82, 2.24) is 25.3 Å². The molecule has 2 heterocycles. The van der Waals surface area contributed by atoms with Gasteiger partial charge in [0.1, 0.15) is 23.4 Å². The van der Waals surface area contributed by atoms with E-state index < -0.39 is 35.6 Å². The molecule has 4 rings (SSSR count). The molecule has 0 bridgehead atoms. The van der Waals surface area contributed by atoms with Gasteiger partial charge in [-0.15, -0.1) is 10.2 Å². The Morgan fingerprint density at radius 3 is 2.43 bits per heavy atom. The number of alkyl carbamates (subject to hydrolysis) is 1. The van der Waals surface area contributed by atoms with E-state index in [0.29, 0.717) is 17.4 Å². The Kier molecular flexibility index (Phi) is 7.96. The molecule has 2 atom stereocenters. The van der Waals surface area contributed by atoms with Gasteiger partial charge in [0.15, 0.2) is 0 Å². The lowest BCUT2D eigenvalue weighted by Gasteiger charge is -2.28. The van der Waals surface area contributed by atoms with Crippen LogP contribution in [0.15, 0.2) is 18.5 Å². The van der Waals surface area contributed by atoms with Gasteiger partial charge in [0.2, 0.25) is 11.8 Å². The first-order valence-corrected chi connectivity index (χ1v) is 12.5. The molecule has 2 fully saturated rings. The summed E-state index contributed by atoms with van der Waals surface area (Å²) in [5.41, 5.74) is -0.230. The summed E-state index contributed by atoms with van der Waals surface area (Å²) in [6, 6.07) is 0.248. The van der Waals surface area contributed by atoms with Crippen LogP contribution < -0.4 is 15.4 Å². The Bertz CT molecular complexity index is 1100. The van der Waals surface area contributed by atoms with Gasteiger partial charge in [-0.2, -0.15) is 9.49 Å². The molecule has 202 valence electrons. The van der Waals surface area contributed by atoms with Gasteiger partial charge >= 0.3 is 6.09 Å². The van der Waals surface area contributed by atoms with Crippen molar-refractivity contribution < 1.29 is 28.2 Å². The lowest BCUT2D eigenvalue weighted by Crippen LogP contribution is -2.51. The van der Waals surface area contributed by atoms with Crippen LogP contribution in [0, 0.1) is 23.7 Å². The van der Waals surface area contributed by atoms with E-state index in [1.807, 2.05) is 0 Å². The predicted molar refractivity (Wildman–Crippen MR) is 132 cm³/mol. The number of hydrogen-bond donors (Lipinski definition) is 2. The molecular weight excluding hydrogens is 483 g/mol. The lowest BCUT2D eigenvalue weighted by atomic mass is 9.88. The van der Waals surface area contributed by atoms with E-state index in [1.165, 1.54) is 31.3 Å². The Morgan fingerprint density at radius 2 is 1.86 bits per heavy atom. The number of anilines is 1. The summed E-state index contributed by atoms with van der Waals surface area (Å²) in [4.78, 5) is 26.1. The first-order chi connectivity index (χ1) is 17.6. The van der Waals surface area contributed by atoms with Gasteiger partial charge < -0.3 is 24.8 Å². The standard InChI is InChI=1S/C25H35FN6O5/c1-25(2,3)37-24(34)29-20(19(14-6-7-14)15-8-9-15)22(33)28-17-12-32(31-21(17)26)18(13-35-4)16-10-11-27-30-23(16)36-5/h10-12,14-15,18-20H,6-9,13H2,1-5H3,(H,28,33)(H,29,34)/t18?,20-/m0/s1. The molecule has 2 aromatic rings.